The molecule has 0 atom stereocenters. The van der Waals surface area contributed by atoms with E-state index in [9.17, 15) is 4.79 Å². The number of likely N-dealkylation sites (N-methyl/N-ethyl adjacent to an activating group) is 1. The zero-order valence-electron chi connectivity index (χ0n) is 11.4. The van der Waals surface area contributed by atoms with Gasteiger partial charge in [0, 0.05) is 11.4 Å². The summed E-state index contributed by atoms with van der Waals surface area (Å²) < 4.78 is 0. The minimum atomic E-state index is 0.116. The molecule has 0 aliphatic carbocycles. The lowest BCUT2D eigenvalue weighted by Gasteiger charge is -2.20. The number of amides is 1. The molecular weight excluding hydrogens is 268 g/mol. The molecule has 1 heterocycles. The number of carbonyl (C=O) groups excluding carboxylic acids is 1. The van der Waals surface area contributed by atoms with E-state index in [1.165, 1.54) is 4.88 Å². The van der Waals surface area contributed by atoms with Crippen LogP contribution in [-0.2, 0) is 17.8 Å². The number of carbonyl (C=O) groups is 1. The highest BCUT2D eigenvalue weighted by molar-refractivity contribution is 7.09. The van der Waals surface area contributed by atoms with Gasteiger partial charge < -0.3 is 4.90 Å². The molecule has 102 valence electrons. The molecular formula is C16H16N2OS. The molecule has 0 spiro atoms. The van der Waals surface area contributed by atoms with Gasteiger partial charge in [0.05, 0.1) is 24.6 Å². The van der Waals surface area contributed by atoms with Crippen molar-refractivity contribution in [3.8, 4) is 6.07 Å². The summed E-state index contributed by atoms with van der Waals surface area (Å²) in [7, 11) is 0. The van der Waals surface area contributed by atoms with Gasteiger partial charge in [-0.05, 0) is 36.1 Å². The first-order valence-electron chi connectivity index (χ1n) is 6.52. The molecule has 0 N–H and O–H groups in total. The van der Waals surface area contributed by atoms with Gasteiger partial charge in [-0.1, -0.05) is 18.2 Å². The smallest absolute Gasteiger partial charge is 0.227 e. The largest absolute Gasteiger partial charge is 0.338 e. The number of benzene rings is 1. The highest BCUT2D eigenvalue weighted by Crippen LogP contribution is 2.13. The molecule has 2 rings (SSSR count). The number of hydrogen-bond acceptors (Lipinski definition) is 3. The van der Waals surface area contributed by atoms with Crippen LogP contribution in [0.25, 0.3) is 0 Å². The second kappa shape index (κ2) is 6.88. The van der Waals surface area contributed by atoms with Crippen molar-refractivity contribution in [2.75, 3.05) is 6.54 Å². The Kier molecular flexibility index (Phi) is 4.91. The van der Waals surface area contributed by atoms with Crippen LogP contribution in [0.15, 0.2) is 41.8 Å². The Bertz CT molecular complexity index is 596. The van der Waals surface area contributed by atoms with Crippen molar-refractivity contribution in [3.63, 3.8) is 0 Å². The Labute approximate surface area is 123 Å². The highest BCUT2D eigenvalue weighted by Gasteiger charge is 2.13. The molecule has 1 amide bonds. The summed E-state index contributed by atoms with van der Waals surface area (Å²) in [4.78, 5) is 15.3. The standard InChI is InChI=1S/C16H16N2OS/c1-2-18(12-15-4-3-9-20-15)16(19)10-13-5-7-14(11-17)8-6-13/h3-9H,2,10,12H2,1H3. The first-order valence-corrected chi connectivity index (χ1v) is 7.40. The van der Waals surface area contributed by atoms with Crippen LogP contribution in [0.2, 0.25) is 0 Å². The maximum absolute atomic E-state index is 12.3. The van der Waals surface area contributed by atoms with Crippen LogP contribution in [-0.4, -0.2) is 17.4 Å². The average molecular weight is 284 g/mol. The van der Waals surface area contributed by atoms with Crippen LogP contribution in [0.5, 0.6) is 0 Å². The molecule has 2 aromatic rings. The number of nitrogens with zero attached hydrogens (tertiary/aromatic N) is 2. The molecule has 1 aromatic carbocycles. The summed E-state index contributed by atoms with van der Waals surface area (Å²) in [5.74, 6) is 0.116. The molecule has 4 heteroatoms. The van der Waals surface area contributed by atoms with E-state index in [0.29, 0.717) is 25.1 Å². The molecule has 0 unspecified atom stereocenters. The van der Waals surface area contributed by atoms with E-state index < -0.39 is 0 Å². The second-order valence-electron chi connectivity index (χ2n) is 4.47. The maximum Gasteiger partial charge on any atom is 0.227 e. The Morgan fingerprint density at radius 1 is 1.30 bits per heavy atom. The first-order chi connectivity index (χ1) is 9.72. The van der Waals surface area contributed by atoms with Crippen LogP contribution in [0.3, 0.4) is 0 Å². The van der Waals surface area contributed by atoms with Crippen molar-refractivity contribution >= 4 is 17.2 Å². The third kappa shape index (κ3) is 3.69. The van der Waals surface area contributed by atoms with Crippen molar-refractivity contribution in [2.24, 2.45) is 0 Å². The van der Waals surface area contributed by atoms with E-state index in [1.807, 2.05) is 41.5 Å². The zero-order valence-corrected chi connectivity index (χ0v) is 12.2. The summed E-state index contributed by atoms with van der Waals surface area (Å²) in [6.45, 7) is 3.36. The van der Waals surface area contributed by atoms with Crippen molar-refractivity contribution < 1.29 is 4.79 Å². The van der Waals surface area contributed by atoms with Crippen LogP contribution in [0.4, 0.5) is 0 Å². The molecule has 3 nitrogen and oxygen atoms in total. The fourth-order valence-electron chi connectivity index (χ4n) is 1.95. The van der Waals surface area contributed by atoms with Crippen LogP contribution >= 0.6 is 11.3 Å². The van der Waals surface area contributed by atoms with E-state index in [1.54, 1.807) is 23.5 Å². The molecule has 0 saturated carbocycles. The number of nitriles is 1. The van der Waals surface area contributed by atoms with Crippen molar-refractivity contribution in [1.82, 2.24) is 4.90 Å². The van der Waals surface area contributed by atoms with Crippen LogP contribution in [0, 0.1) is 11.3 Å². The minimum Gasteiger partial charge on any atom is -0.338 e. The predicted molar refractivity (Wildman–Crippen MR) is 80.3 cm³/mol. The average Bonchev–Trinajstić information content (AvgIpc) is 2.98. The molecule has 20 heavy (non-hydrogen) atoms. The Balaban J connectivity index is 1.99. The third-order valence-corrected chi connectivity index (χ3v) is 3.96. The van der Waals surface area contributed by atoms with Crippen LogP contribution in [0.1, 0.15) is 22.9 Å². The lowest BCUT2D eigenvalue weighted by atomic mass is 10.1. The van der Waals surface area contributed by atoms with Gasteiger partial charge >= 0.3 is 0 Å². The summed E-state index contributed by atoms with van der Waals surface area (Å²) >= 11 is 1.67. The number of rotatable bonds is 5. The molecule has 0 saturated heterocycles. The summed E-state index contributed by atoms with van der Waals surface area (Å²) in [6, 6.07) is 13.3. The lowest BCUT2D eigenvalue weighted by Crippen LogP contribution is -2.31. The van der Waals surface area contributed by atoms with Gasteiger partial charge in [-0.15, -0.1) is 11.3 Å². The minimum absolute atomic E-state index is 0.116. The molecule has 0 fully saturated rings. The number of hydrogen-bond donors (Lipinski definition) is 0. The highest BCUT2D eigenvalue weighted by atomic mass is 32.1. The van der Waals surface area contributed by atoms with Gasteiger partial charge in [0.2, 0.25) is 5.91 Å². The zero-order chi connectivity index (χ0) is 14.4. The van der Waals surface area contributed by atoms with Gasteiger partial charge in [-0.3, -0.25) is 4.79 Å². The Hall–Kier alpha value is -2.12. The first kappa shape index (κ1) is 14.3. The van der Waals surface area contributed by atoms with Gasteiger partial charge in [-0.25, -0.2) is 0 Å². The van der Waals surface area contributed by atoms with E-state index >= 15 is 0 Å². The normalized spacial score (nSPS) is 10.0. The monoisotopic (exact) mass is 284 g/mol. The third-order valence-electron chi connectivity index (χ3n) is 3.10. The molecule has 0 bridgehead atoms. The summed E-state index contributed by atoms with van der Waals surface area (Å²) in [5, 5.41) is 10.8. The van der Waals surface area contributed by atoms with Crippen molar-refractivity contribution in [1.29, 1.82) is 5.26 Å². The van der Waals surface area contributed by atoms with Gasteiger partial charge in [0.25, 0.3) is 0 Å². The maximum atomic E-state index is 12.3. The van der Waals surface area contributed by atoms with Gasteiger partial charge in [-0.2, -0.15) is 5.26 Å². The lowest BCUT2D eigenvalue weighted by molar-refractivity contribution is -0.130. The second-order valence-corrected chi connectivity index (χ2v) is 5.51. The van der Waals surface area contributed by atoms with Crippen molar-refractivity contribution in [3.05, 3.63) is 57.8 Å². The van der Waals surface area contributed by atoms with E-state index in [4.69, 9.17) is 5.26 Å². The number of thiophene rings is 1. The molecule has 0 aliphatic heterocycles. The fourth-order valence-corrected chi connectivity index (χ4v) is 2.67. The SMILES string of the molecule is CCN(Cc1cccs1)C(=O)Cc1ccc(C#N)cc1. The van der Waals surface area contributed by atoms with E-state index in [-0.39, 0.29) is 5.91 Å². The quantitative estimate of drug-likeness (QED) is 0.846. The van der Waals surface area contributed by atoms with Crippen molar-refractivity contribution in [2.45, 2.75) is 19.9 Å². The van der Waals surface area contributed by atoms with Crippen LogP contribution < -0.4 is 0 Å². The predicted octanol–water partition coefficient (Wildman–Crippen LogP) is 3.21. The van der Waals surface area contributed by atoms with E-state index in [0.717, 1.165) is 5.56 Å². The summed E-state index contributed by atoms with van der Waals surface area (Å²) in [5.41, 5.74) is 1.56. The molecule has 0 radical (unpaired) electrons. The topological polar surface area (TPSA) is 44.1 Å². The van der Waals surface area contributed by atoms with Gasteiger partial charge in [0.15, 0.2) is 0 Å². The molecule has 0 aliphatic rings. The Morgan fingerprint density at radius 3 is 2.60 bits per heavy atom. The van der Waals surface area contributed by atoms with E-state index in [2.05, 4.69) is 6.07 Å². The summed E-state index contributed by atoms with van der Waals surface area (Å²) in [6.07, 6.45) is 0.380. The molecule has 1 aromatic heterocycles. The Morgan fingerprint density at radius 2 is 2.05 bits per heavy atom. The fraction of sp³-hybridized carbons (Fsp3) is 0.250. The van der Waals surface area contributed by atoms with Gasteiger partial charge in [0.1, 0.15) is 0 Å².